The molecular formula is C16H28N2O3. The highest BCUT2D eigenvalue weighted by Gasteiger charge is 2.36. The number of aliphatic carboxylic acids is 1. The molecule has 5 nitrogen and oxygen atoms in total. The standard InChI is InChI=1S/C16H28N2O3/c1-11(2)10-18(12-6-3-4-7-12)16(21)17-14-9-5-8-13(14)15(19)20/h11-14H,3-10H2,1-2H3,(H,17,21)(H,19,20). The van der Waals surface area contributed by atoms with Crippen molar-refractivity contribution in [3.8, 4) is 0 Å². The Hall–Kier alpha value is -1.26. The fourth-order valence-electron chi connectivity index (χ4n) is 3.68. The molecule has 0 aromatic heterocycles. The van der Waals surface area contributed by atoms with Gasteiger partial charge in [-0.15, -0.1) is 0 Å². The van der Waals surface area contributed by atoms with Crippen molar-refractivity contribution in [3.63, 3.8) is 0 Å². The number of hydrogen-bond donors (Lipinski definition) is 2. The summed E-state index contributed by atoms with van der Waals surface area (Å²) in [6, 6.07) is 0.0666. The minimum Gasteiger partial charge on any atom is -0.481 e. The maximum Gasteiger partial charge on any atom is 0.317 e. The number of amides is 2. The Morgan fingerprint density at radius 1 is 1.14 bits per heavy atom. The van der Waals surface area contributed by atoms with E-state index in [9.17, 15) is 14.7 Å². The lowest BCUT2D eigenvalue weighted by molar-refractivity contribution is -0.142. The Morgan fingerprint density at radius 2 is 1.81 bits per heavy atom. The van der Waals surface area contributed by atoms with Gasteiger partial charge in [-0.2, -0.15) is 0 Å². The Labute approximate surface area is 127 Å². The van der Waals surface area contributed by atoms with Crippen LogP contribution in [0.2, 0.25) is 0 Å². The van der Waals surface area contributed by atoms with E-state index >= 15 is 0 Å². The molecule has 0 aliphatic heterocycles. The molecule has 2 unspecified atom stereocenters. The minimum absolute atomic E-state index is 0.0613. The van der Waals surface area contributed by atoms with Gasteiger partial charge in [0, 0.05) is 18.6 Å². The number of rotatable bonds is 5. The van der Waals surface area contributed by atoms with Crippen LogP contribution in [0.5, 0.6) is 0 Å². The van der Waals surface area contributed by atoms with Crippen LogP contribution in [0.15, 0.2) is 0 Å². The number of carbonyl (C=O) groups is 2. The molecule has 0 aromatic carbocycles. The molecule has 2 aliphatic carbocycles. The third kappa shape index (κ3) is 4.11. The summed E-state index contributed by atoms with van der Waals surface area (Å²) in [5.41, 5.74) is 0. The van der Waals surface area contributed by atoms with E-state index in [1.54, 1.807) is 0 Å². The zero-order chi connectivity index (χ0) is 15.4. The second kappa shape index (κ2) is 7.14. The van der Waals surface area contributed by atoms with Gasteiger partial charge in [-0.3, -0.25) is 4.79 Å². The van der Waals surface area contributed by atoms with Gasteiger partial charge in [-0.05, 0) is 31.6 Å². The number of urea groups is 1. The highest BCUT2D eigenvalue weighted by Crippen LogP contribution is 2.28. The Bertz CT molecular complexity index is 378. The first-order valence-electron chi connectivity index (χ1n) is 8.29. The third-order valence-electron chi connectivity index (χ3n) is 4.73. The van der Waals surface area contributed by atoms with Crippen LogP contribution < -0.4 is 5.32 Å². The van der Waals surface area contributed by atoms with Crippen LogP contribution in [0.4, 0.5) is 4.79 Å². The van der Waals surface area contributed by atoms with Gasteiger partial charge in [0.1, 0.15) is 0 Å². The number of carboxylic acids is 1. The van der Waals surface area contributed by atoms with Gasteiger partial charge in [0.25, 0.3) is 0 Å². The Balaban J connectivity index is 1.98. The quantitative estimate of drug-likeness (QED) is 0.819. The SMILES string of the molecule is CC(C)CN(C(=O)NC1CCCC1C(=O)O)C1CCCC1. The van der Waals surface area contributed by atoms with E-state index in [4.69, 9.17) is 0 Å². The van der Waals surface area contributed by atoms with Gasteiger partial charge < -0.3 is 15.3 Å². The van der Waals surface area contributed by atoms with Crippen molar-refractivity contribution in [2.75, 3.05) is 6.54 Å². The highest BCUT2D eigenvalue weighted by molar-refractivity contribution is 5.77. The first-order valence-corrected chi connectivity index (χ1v) is 8.29. The third-order valence-corrected chi connectivity index (χ3v) is 4.73. The summed E-state index contributed by atoms with van der Waals surface area (Å²) in [5.74, 6) is -0.775. The summed E-state index contributed by atoms with van der Waals surface area (Å²) in [7, 11) is 0. The lowest BCUT2D eigenvalue weighted by atomic mass is 10.0. The first-order chi connectivity index (χ1) is 9.99. The van der Waals surface area contributed by atoms with Crippen molar-refractivity contribution in [2.45, 2.75) is 70.9 Å². The highest BCUT2D eigenvalue weighted by atomic mass is 16.4. The lowest BCUT2D eigenvalue weighted by Gasteiger charge is -2.32. The van der Waals surface area contributed by atoms with Crippen LogP contribution in [0, 0.1) is 11.8 Å². The summed E-state index contributed by atoms with van der Waals surface area (Å²) in [4.78, 5) is 25.8. The van der Waals surface area contributed by atoms with Crippen LogP contribution in [0.25, 0.3) is 0 Å². The molecule has 120 valence electrons. The molecule has 2 aliphatic rings. The average molecular weight is 296 g/mol. The molecule has 0 radical (unpaired) electrons. The lowest BCUT2D eigenvalue weighted by Crippen LogP contribution is -2.51. The molecule has 2 N–H and O–H groups in total. The van der Waals surface area contributed by atoms with Crippen molar-refractivity contribution < 1.29 is 14.7 Å². The number of nitrogens with zero attached hydrogens (tertiary/aromatic N) is 1. The van der Waals surface area contributed by atoms with Crippen molar-refractivity contribution in [3.05, 3.63) is 0 Å². The van der Waals surface area contributed by atoms with Crippen LogP contribution in [-0.4, -0.2) is 40.6 Å². The van der Waals surface area contributed by atoms with E-state index < -0.39 is 11.9 Å². The van der Waals surface area contributed by atoms with Crippen molar-refractivity contribution in [1.29, 1.82) is 0 Å². The molecule has 2 fully saturated rings. The first kappa shape index (κ1) is 16.1. The Morgan fingerprint density at radius 3 is 2.38 bits per heavy atom. The van der Waals surface area contributed by atoms with E-state index in [1.165, 1.54) is 12.8 Å². The van der Waals surface area contributed by atoms with Gasteiger partial charge in [-0.25, -0.2) is 4.79 Å². The van der Waals surface area contributed by atoms with E-state index in [2.05, 4.69) is 19.2 Å². The molecule has 0 bridgehead atoms. The molecule has 2 rings (SSSR count). The predicted molar refractivity (Wildman–Crippen MR) is 81.1 cm³/mol. The maximum absolute atomic E-state index is 12.6. The van der Waals surface area contributed by atoms with Crippen molar-refractivity contribution >= 4 is 12.0 Å². The normalized spacial score (nSPS) is 26.2. The molecule has 2 saturated carbocycles. The smallest absolute Gasteiger partial charge is 0.317 e. The van der Waals surface area contributed by atoms with Gasteiger partial charge in [0.05, 0.1) is 5.92 Å². The molecule has 5 heteroatoms. The largest absolute Gasteiger partial charge is 0.481 e. The molecule has 2 amide bonds. The topological polar surface area (TPSA) is 69.6 Å². The van der Waals surface area contributed by atoms with Crippen LogP contribution in [-0.2, 0) is 4.79 Å². The van der Waals surface area contributed by atoms with Gasteiger partial charge in [-0.1, -0.05) is 33.1 Å². The zero-order valence-corrected chi connectivity index (χ0v) is 13.2. The van der Waals surface area contributed by atoms with Crippen LogP contribution in [0.3, 0.4) is 0 Å². The van der Waals surface area contributed by atoms with Crippen molar-refractivity contribution in [2.24, 2.45) is 11.8 Å². The summed E-state index contributed by atoms with van der Waals surface area (Å²) in [6.07, 6.45) is 6.87. The van der Waals surface area contributed by atoms with Crippen molar-refractivity contribution in [1.82, 2.24) is 10.2 Å². The van der Waals surface area contributed by atoms with E-state index in [0.29, 0.717) is 18.4 Å². The number of carbonyl (C=O) groups excluding carboxylic acids is 1. The van der Waals surface area contributed by atoms with Crippen LogP contribution >= 0.6 is 0 Å². The van der Waals surface area contributed by atoms with Gasteiger partial charge in [0.2, 0.25) is 0 Å². The minimum atomic E-state index is -0.783. The summed E-state index contributed by atoms with van der Waals surface area (Å²) < 4.78 is 0. The zero-order valence-electron chi connectivity index (χ0n) is 13.2. The monoisotopic (exact) mass is 296 g/mol. The number of hydrogen-bond acceptors (Lipinski definition) is 2. The molecule has 21 heavy (non-hydrogen) atoms. The number of carboxylic acid groups (broad SMARTS) is 1. The van der Waals surface area contributed by atoms with E-state index in [0.717, 1.165) is 32.2 Å². The molecule has 0 heterocycles. The summed E-state index contributed by atoms with van der Waals surface area (Å²) in [6.45, 7) is 4.98. The molecule has 0 saturated heterocycles. The Kier molecular flexibility index (Phi) is 5.48. The maximum atomic E-state index is 12.6. The average Bonchev–Trinajstić information content (AvgIpc) is 3.06. The second-order valence-electron chi connectivity index (χ2n) is 6.92. The fourth-order valence-corrected chi connectivity index (χ4v) is 3.68. The summed E-state index contributed by atoms with van der Waals surface area (Å²) in [5, 5.41) is 12.2. The molecule has 0 aromatic rings. The van der Waals surface area contributed by atoms with E-state index in [1.807, 2.05) is 4.90 Å². The number of nitrogens with one attached hydrogen (secondary N) is 1. The second-order valence-corrected chi connectivity index (χ2v) is 6.92. The summed E-state index contributed by atoms with van der Waals surface area (Å²) >= 11 is 0. The molecule has 0 spiro atoms. The van der Waals surface area contributed by atoms with Crippen LogP contribution in [0.1, 0.15) is 58.8 Å². The van der Waals surface area contributed by atoms with E-state index in [-0.39, 0.29) is 12.1 Å². The van der Waals surface area contributed by atoms with Gasteiger partial charge >= 0.3 is 12.0 Å². The molecule has 2 atom stereocenters. The molecular weight excluding hydrogens is 268 g/mol. The predicted octanol–water partition coefficient (Wildman–Crippen LogP) is 2.85. The van der Waals surface area contributed by atoms with Gasteiger partial charge in [0.15, 0.2) is 0 Å². The fraction of sp³-hybridized carbons (Fsp3) is 0.875.